The molecular formula is C23H25F3N2O5S. The number of hydrogen-bond acceptors (Lipinski definition) is 4. The number of benzene rings is 2. The SMILES string of the molecule is Cc1ccc(S(=O)(=O)Nc2ccc(C3(C(=O)NC4CC4)CC3)cc2)cc1C.O=C(O)C(F)(F)F. The summed E-state index contributed by atoms with van der Waals surface area (Å²) in [5.74, 6) is -2.65. The van der Waals surface area contributed by atoms with Crippen molar-refractivity contribution in [2.45, 2.75) is 62.1 Å². The van der Waals surface area contributed by atoms with Gasteiger partial charge in [0, 0.05) is 11.7 Å². The van der Waals surface area contributed by atoms with Crippen LogP contribution in [0.5, 0.6) is 0 Å². The zero-order chi connectivity index (χ0) is 25.3. The van der Waals surface area contributed by atoms with E-state index in [1.165, 1.54) is 0 Å². The first-order valence-corrected chi connectivity index (χ1v) is 12.0. The van der Waals surface area contributed by atoms with Crippen molar-refractivity contribution in [1.29, 1.82) is 0 Å². The molecule has 0 heterocycles. The lowest BCUT2D eigenvalue weighted by Gasteiger charge is -2.16. The first-order valence-electron chi connectivity index (χ1n) is 10.6. The Morgan fingerprint density at radius 2 is 1.56 bits per heavy atom. The van der Waals surface area contributed by atoms with E-state index in [1.54, 1.807) is 24.3 Å². The van der Waals surface area contributed by atoms with E-state index in [1.807, 2.05) is 32.0 Å². The quantitative estimate of drug-likeness (QED) is 0.556. The van der Waals surface area contributed by atoms with E-state index in [0.29, 0.717) is 11.7 Å². The monoisotopic (exact) mass is 498 g/mol. The van der Waals surface area contributed by atoms with Crippen molar-refractivity contribution in [3.05, 3.63) is 59.2 Å². The van der Waals surface area contributed by atoms with Crippen LogP contribution in [0, 0.1) is 13.8 Å². The molecular weight excluding hydrogens is 473 g/mol. The lowest BCUT2D eigenvalue weighted by molar-refractivity contribution is -0.192. The number of aryl methyl sites for hydroxylation is 2. The number of carbonyl (C=O) groups is 2. The number of nitrogens with one attached hydrogen (secondary N) is 2. The molecule has 0 spiro atoms. The van der Waals surface area contributed by atoms with E-state index >= 15 is 0 Å². The van der Waals surface area contributed by atoms with E-state index in [-0.39, 0.29) is 10.8 Å². The molecule has 11 heteroatoms. The summed E-state index contributed by atoms with van der Waals surface area (Å²) in [5, 5.41) is 10.2. The van der Waals surface area contributed by atoms with Crippen LogP contribution in [0.15, 0.2) is 47.4 Å². The highest BCUT2D eigenvalue weighted by atomic mass is 32.2. The largest absolute Gasteiger partial charge is 0.490 e. The summed E-state index contributed by atoms with van der Waals surface area (Å²) in [5.41, 5.74) is 3.02. The van der Waals surface area contributed by atoms with Gasteiger partial charge in [-0.25, -0.2) is 13.2 Å². The topological polar surface area (TPSA) is 113 Å². The van der Waals surface area contributed by atoms with Crippen LogP contribution in [0.25, 0.3) is 0 Å². The molecule has 2 fully saturated rings. The molecule has 0 saturated heterocycles. The average molecular weight is 499 g/mol. The Morgan fingerprint density at radius 1 is 1.00 bits per heavy atom. The molecule has 34 heavy (non-hydrogen) atoms. The fourth-order valence-corrected chi connectivity index (χ4v) is 4.42. The van der Waals surface area contributed by atoms with Gasteiger partial charge in [-0.15, -0.1) is 0 Å². The number of carboxylic acids is 1. The van der Waals surface area contributed by atoms with Gasteiger partial charge in [-0.1, -0.05) is 18.2 Å². The molecule has 2 aromatic rings. The Labute approximate surface area is 195 Å². The van der Waals surface area contributed by atoms with E-state index in [4.69, 9.17) is 9.90 Å². The Kier molecular flexibility index (Phi) is 6.97. The van der Waals surface area contributed by atoms with Crippen LogP contribution in [-0.2, 0) is 25.0 Å². The van der Waals surface area contributed by atoms with Crippen LogP contribution in [0.3, 0.4) is 0 Å². The molecule has 2 aliphatic carbocycles. The third-order valence-electron chi connectivity index (χ3n) is 5.82. The first kappa shape index (κ1) is 25.5. The van der Waals surface area contributed by atoms with E-state index in [0.717, 1.165) is 42.4 Å². The minimum atomic E-state index is -5.08. The van der Waals surface area contributed by atoms with Crippen molar-refractivity contribution >= 4 is 27.6 Å². The van der Waals surface area contributed by atoms with Crippen molar-refractivity contribution in [1.82, 2.24) is 5.32 Å². The molecule has 1 amide bonds. The number of carbonyl (C=O) groups excluding carboxylic acids is 1. The highest BCUT2D eigenvalue weighted by Crippen LogP contribution is 2.49. The molecule has 7 nitrogen and oxygen atoms in total. The molecule has 0 aliphatic heterocycles. The molecule has 184 valence electrons. The third kappa shape index (κ3) is 6.07. The van der Waals surface area contributed by atoms with Gasteiger partial charge in [0.2, 0.25) is 5.91 Å². The smallest absolute Gasteiger partial charge is 0.475 e. The summed E-state index contributed by atoms with van der Waals surface area (Å²) in [6.45, 7) is 3.84. The number of aliphatic carboxylic acids is 1. The van der Waals surface area contributed by atoms with Crippen molar-refractivity contribution in [2.24, 2.45) is 0 Å². The standard InChI is InChI=1S/C21H24N2O3S.C2HF3O2/c1-14-3-10-19(13-15(14)2)27(25,26)23-18-6-4-16(5-7-18)21(11-12-21)20(24)22-17-8-9-17;3-2(4,5)1(6)7/h3-7,10,13,17,23H,8-9,11-12H2,1-2H3,(H,22,24);(H,6,7). The predicted octanol–water partition coefficient (Wildman–Crippen LogP) is 4.05. The second-order valence-corrected chi connectivity index (χ2v) is 10.2. The third-order valence-corrected chi connectivity index (χ3v) is 7.20. The first-order chi connectivity index (χ1) is 15.7. The van der Waals surface area contributed by atoms with Gasteiger partial charge in [0.1, 0.15) is 0 Å². The summed E-state index contributed by atoms with van der Waals surface area (Å²) >= 11 is 0. The molecule has 0 atom stereocenters. The lowest BCUT2D eigenvalue weighted by Crippen LogP contribution is -2.36. The number of rotatable bonds is 6. The molecule has 2 aromatic carbocycles. The Hall–Kier alpha value is -3.08. The van der Waals surface area contributed by atoms with E-state index in [2.05, 4.69) is 10.0 Å². The number of halogens is 3. The van der Waals surface area contributed by atoms with Crippen LogP contribution in [0.2, 0.25) is 0 Å². The number of sulfonamides is 1. The minimum Gasteiger partial charge on any atom is -0.475 e. The van der Waals surface area contributed by atoms with Gasteiger partial charge in [0.15, 0.2) is 0 Å². The fourth-order valence-electron chi connectivity index (χ4n) is 3.28. The average Bonchev–Trinajstić information content (AvgIpc) is 3.65. The zero-order valence-corrected chi connectivity index (χ0v) is 19.4. The normalized spacial score (nSPS) is 16.6. The van der Waals surface area contributed by atoms with Crippen LogP contribution < -0.4 is 10.0 Å². The molecule has 2 aliphatic rings. The van der Waals surface area contributed by atoms with Crippen molar-refractivity contribution in [2.75, 3.05) is 4.72 Å². The van der Waals surface area contributed by atoms with Gasteiger partial charge in [-0.05, 0) is 80.5 Å². The molecule has 0 aromatic heterocycles. The van der Waals surface area contributed by atoms with E-state index < -0.39 is 27.6 Å². The second-order valence-electron chi connectivity index (χ2n) is 8.56. The molecule has 0 bridgehead atoms. The van der Waals surface area contributed by atoms with Gasteiger partial charge in [-0.2, -0.15) is 13.2 Å². The van der Waals surface area contributed by atoms with Crippen LogP contribution in [0.1, 0.15) is 42.4 Å². The number of alkyl halides is 3. The summed E-state index contributed by atoms with van der Waals surface area (Å²) < 4.78 is 59.6. The molecule has 0 radical (unpaired) electrons. The molecule has 2 saturated carbocycles. The predicted molar refractivity (Wildman–Crippen MR) is 119 cm³/mol. The number of carboxylic acid groups (broad SMARTS) is 1. The second kappa shape index (κ2) is 9.28. The van der Waals surface area contributed by atoms with Gasteiger partial charge >= 0.3 is 12.1 Å². The summed E-state index contributed by atoms with van der Waals surface area (Å²) in [7, 11) is -3.64. The molecule has 3 N–H and O–H groups in total. The van der Waals surface area contributed by atoms with Crippen molar-refractivity contribution < 1.29 is 36.3 Å². The zero-order valence-electron chi connectivity index (χ0n) is 18.6. The van der Waals surface area contributed by atoms with Crippen LogP contribution in [-0.4, -0.2) is 37.6 Å². The van der Waals surface area contributed by atoms with Gasteiger partial charge < -0.3 is 10.4 Å². The summed E-state index contributed by atoms with van der Waals surface area (Å²) in [4.78, 5) is 21.7. The highest BCUT2D eigenvalue weighted by Gasteiger charge is 2.52. The lowest BCUT2D eigenvalue weighted by atomic mass is 9.95. The summed E-state index contributed by atoms with van der Waals surface area (Å²) in [6.07, 6.45) is -1.25. The fraction of sp³-hybridized carbons (Fsp3) is 0.391. The van der Waals surface area contributed by atoms with E-state index in [9.17, 15) is 26.4 Å². The maximum absolute atomic E-state index is 12.6. The highest BCUT2D eigenvalue weighted by molar-refractivity contribution is 7.92. The number of anilines is 1. The summed E-state index contributed by atoms with van der Waals surface area (Å²) in [6, 6.07) is 12.6. The van der Waals surface area contributed by atoms with Crippen molar-refractivity contribution in [3.63, 3.8) is 0 Å². The molecule has 4 rings (SSSR count). The maximum Gasteiger partial charge on any atom is 0.490 e. The Morgan fingerprint density at radius 3 is 2.00 bits per heavy atom. The van der Waals surface area contributed by atoms with Gasteiger partial charge in [0.05, 0.1) is 10.3 Å². The number of hydrogen-bond donors (Lipinski definition) is 3. The Bertz CT molecular complexity index is 1190. The van der Waals surface area contributed by atoms with Gasteiger partial charge in [0.25, 0.3) is 10.0 Å². The Balaban J connectivity index is 0.000000406. The van der Waals surface area contributed by atoms with Crippen molar-refractivity contribution in [3.8, 4) is 0 Å². The minimum absolute atomic E-state index is 0.105. The maximum atomic E-state index is 12.6. The van der Waals surface area contributed by atoms with Gasteiger partial charge in [-0.3, -0.25) is 9.52 Å². The van der Waals surface area contributed by atoms with Crippen LogP contribution in [0.4, 0.5) is 18.9 Å². The van der Waals surface area contributed by atoms with Crippen LogP contribution >= 0.6 is 0 Å². The molecule has 0 unspecified atom stereocenters. The number of amides is 1.